The molecule has 2 amide bonds. The summed E-state index contributed by atoms with van der Waals surface area (Å²) in [6.07, 6.45) is 3.75. The highest BCUT2D eigenvalue weighted by molar-refractivity contribution is 5.98. The predicted molar refractivity (Wildman–Crippen MR) is 102 cm³/mol. The van der Waals surface area contributed by atoms with Crippen LogP contribution in [0.5, 0.6) is 0 Å². The molecular formula is C21H30N2O3. The van der Waals surface area contributed by atoms with Crippen LogP contribution < -0.4 is 5.32 Å². The third-order valence-corrected chi connectivity index (χ3v) is 5.02. The minimum absolute atomic E-state index is 0.00399. The van der Waals surface area contributed by atoms with E-state index >= 15 is 0 Å². The Balaban J connectivity index is 1.74. The monoisotopic (exact) mass is 358 g/mol. The van der Waals surface area contributed by atoms with Crippen molar-refractivity contribution in [1.82, 2.24) is 10.2 Å². The number of Topliss-reactive ketones (excluding diaryl/α,β-unsaturated/α-hetero) is 1. The number of nitrogens with one attached hydrogen (secondary N) is 1. The summed E-state index contributed by atoms with van der Waals surface area (Å²) in [4.78, 5) is 38.4. The first-order valence-corrected chi connectivity index (χ1v) is 9.72. The van der Waals surface area contributed by atoms with Crippen LogP contribution in [-0.2, 0) is 16.0 Å². The van der Waals surface area contributed by atoms with Gasteiger partial charge in [0.1, 0.15) is 0 Å². The topological polar surface area (TPSA) is 66.5 Å². The molecule has 0 bridgehead atoms. The lowest BCUT2D eigenvalue weighted by Gasteiger charge is -2.31. The average molecular weight is 358 g/mol. The summed E-state index contributed by atoms with van der Waals surface area (Å²) < 4.78 is 0. The van der Waals surface area contributed by atoms with Crippen molar-refractivity contribution in [1.29, 1.82) is 0 Å². The molecule has 0 aromatic heterocycles. The molecule has 1 aromatic rings. The van der Waals surface area contributed by atoms with E-state index in [2.05, 4.69) is 12.2 Å². The van der Waals surface area contributed by atoms with E-state index in [1.807, 2.05) is 31.2 Å². The van der Waals surface area contributed by atoms with Crippen molar-refractivity contribution in [3.8, 4) is 0 Å². The molecule has 2 rings (SSSR count). The summed E-state index contributed by atoms with van der Waals surface area (Å²) >= 11 is 0. The van der Waals surface area contributed by atoms with Crippen LogP contribution in [0.25, 0.3) is 0 Å². The highest BCUT2D eigenvalue weighted by Crippen LogP contribution is 2.19. The van der Waals surface area contributed by atoms with Gasteiger partial charge in [0.15, 0.2) is 5.78 Å². The van der Waals surface area contributed by atoms with Crippen molar-refractivity contribution in [2.24, 2.45) is 5.92 Å². The number of ketones is 1. The number of rotatable bonds is 8. The van der Waals surface area contributed by atoms with Crippen molar-refractivity contribution in [3.63, 3.8) is 0 Å². The largest absolute Gasteiger partial charge is 0.356 e. The molecule has 26 heavy (non-hydrogen) atoms. The third kappa shape index (κ3) is 5.68. The Hall–Kier alpha value is -2.17. The molecule has 0 unspecified atom stereocenters. The number of amides is 2. The fraction of sp³-hybridized carbons (Fsp3) is 0.571. The van der Waals surface area contributed by atoms with E-state index in [0.29, 0.717) is 38.0 Å². The molecule has 1 N–H and O–H groups in total. The summed E-state index contributed by atoms with van der Waals surface area (Å²) in [5.74, 6) is 0.125. The number of carbonyl (C=O) groups is 3. The minimum Gasteiger partial charge on any atom is -0.356 e. The van der Waals surface area contributed by atoms with E-state index in [1.54, 1.807) is 4.90 Å². The number of nitrogens with zero attached hydrogens (tertiary/aromatic N) is 1. The summed E-state index contributed by atoms with van der Waals surface area (Å²) in [6, 6.07) is 7.60. The van der Waals surface area contributed by atoms with Gasteiger partial charge in [0.25, 0.3) is 0 Å². The molecule has 1 saturated heterocycles. The summed E-state index contributed by atoms with van der Waals surface area (Å²) in [5.41, 5.74) is 1.87. The molecule has 142 valence electrons. The van der Waals surface area contributed by atoms with Gasteiger partial charge in [0.05, 0.1) is 0 Å². The van der Waals surface area contributed by atoms with E-state index in [0.717, 1.165) is 12.8 Å². The molecule has 0 atom stereocenters. The van der Waals surface area contributed by atoms with Gasteiger partial charge >= 0.3 is 0 Å². The molecule has 5 heteroatoms. The van der Waals surface area contributed by atoms with Gasteiger partial charge < -0.3 is 10.2 Å². The maximum atomic E-state index is 12.4. The first kappa shape index (κ1) is 20.1. The molecule has 1 aliphatic heterocycles. The molecule has 1 aromatic carbocycles. The van der Waals surface area contributed by atoms with Gasteiger partial charge in [-0.1, -0.05) is 38.1 Å². The number of benzene rings is 1. The van der Waals surface area contributed by atoms with E-state index in [-0.39, 0.29) is 36.4 Å². The number of hydrogen-bond acceptors (Lipinski definition) is 3. The lowest BCUT2D eigenvalue weighted by Crippen LogP contribution is -2.43. The zero-order chi connectivity index (χ0) is 18.9. The summed E-state index contributed by atoms with van der Waals surface area (Å²) in [7, 11) is 0. The lowest BCUT2D eigenvalue weighted by molar-refractivity contribution is -0.135. The molecule has 0 saturated carbocycles. The van der Waals surface area contributed by atoms with Crippen molar-refractivity contribution in [2.45, 2.75) is 52.4 Å². The standard InChI is InChI=1S/C21H30N2O3/c1-3-13-22-21(26)18-11-14-23(15-12-18)20(25)10-9-19(24)17-7-5-16(4-2)6-8-17/h5-8,18H,3-4,9-15H2,1-2H3,(H,22,26). The molecule has 0 aliphatic carbocycles. The van der Waals surface area contributed by atoms with Crippen molar-refractivity contribution in [3.05, 3.63) is 35.4 Å². The van der Waals surface area contributed by atoms with Gasteiger partial charge in [-0.05, 0) is 31.2 Å². The lowest BCUT2D eigenvalue weighted by atomic mass is 9.95. The van der Waals surface area contributed by atoms with Crippen LogP contribution in [0.3, 0.4) is 0 Å². The third-order valence-electron chi connectivity index (χ3n) is 5.02. The molecule has 1 aliphatic rings. The second kappa shape index (κ2) is 10.1. The molecule has 1 heterocycles. The van der Waals surface area contributed by atoms with Crippen LogP contribution in [0.1, 0.15) is 61.9 Å². The quantitative estimate of drug-likeness (QED) is 0.727. The van der Waals surface area contributed by atoms with E-state index in [1.165, 1.54) is 5.56 Å². The van der Waals surface area contributed by atoms with Crippen LogP contribution >= 0.6 is 0 Å². The smallest absolute Gasteiger partial charge is 0.223 e. The fourth-order valence-corrected chi connectivity index (χ4v) is 3.23. The van der Waals surface area contributed by atoms with Gasteiger partial charge in [-0.2, -0.15) is 0 Å². The van der Waals surface area contributed by atoms with Crippen LogP contribution in [0, 0.1) is 5.92 Å². The van der Waals surface area contributed by atoms with Crippen LogP contribution in [0.15, 0.2) is 24.3 Å². The SMILES string of the molecule is CCCNC(=O)C1CCN(C(=O)CCC(=O)c2ccc(CC)cc2)CC1. The number of aryl methyl sites for hydroxylation is 1. The second-order valence-corrected chi connectivity index (χ2v) is 6.92. The Morgan fingerprint density at radius 2 is 1.69 bits per heavy atom. The Morgan fingerprint density at radius 1 is 1.04 bits per heavy atom. The number of hydrogen-bond donors (Lipinski definition) is 1. The van der Waals surface area contributed by atoms with Gasteiger partial charge in [-0.3, -0.25) is 14.4 Å². The van der Waals surface area contributed by atoms with Crippen molar-refractivity contribution in [2.75, 3.05) is 19.6 Å². The van der Waals surface area contributed by atoms with Crippen LogP contribution in [0.4, 0.5) is 0 Å². The van der Waals surface area contributed by atoms with Crippen molar-refractivity contribution >= 4 is 17.6 Å². The molecule has 0 spiro atoms. The molecule has 1 fully saturated rings. The highest BCUT2D eigenvalue weighted by atomic mass is 16.2. The van der Waals surface area contributed by atoms with Gasteiger partial charge in [0, 0.05) is 44.0 Å². The number of likely N-dealkylation sites (tertiary alicyclic amines) is 1. The minimum atomic E-state index is 0.00399. The fourth-order valence-electron chi connectivity index (χ4n) is 3.23. The first-order valence-electron chi connectivity index (χ1n) is 9.72. The highest BCUT2D eigenvalue weighted by Gasteiger charge is 2.27. The van der Waals surface area contributed by atoms with Crippen LogP contribution in [0.2, 0.25) is 0 Å². The Kier molecular flexibility index (Phi) is 7.82. The maximum absolute atomic E-state index is 12.4. The summed E-state index contributed by atoms with van der Waals surface area (Å²) in [6.45, 7) is 6.01. The first-order chi connectivity index (χ1) is 12.5. The Morgan fingerprint density at radius 3 is 2.27 bits per heavy atom. The van der Waals surface area contributed by atoms with Gasteiger partial charge in [-0.15, -0.1) is 0 Å². The van der Waals surface area contributed by atoms with E-state index in [4.69, 9.17) is 0 Å². The van der Waals surface area contributed by atoms with E-state index in [9.17, 15) is 14.4 Å². The molecular weight excluding hydrogens is 328 g/mol. The van der Waals surface area contributed by atoms with Gasteiger partial charge in [-0.25, -0.2) is 0 Å². The second-order valence-electron chi connectivity index (χ2n) is 6.92. The zero-order valence-electron chi connectivity index (χ0n) is 15.9. The average Bonchev–Trinajstić information content (AvgIpc) is 2.70. The predicted octanol–water partition coefficient (Wildman–Crippen LogP) is 2.98. The Bertz CT molecular complexity index is 617. The normalized spacial score (nSPS) is 14.9. The number of carbonyl (C=O) groups excluding carboxylic acids is 3. The molecule has 5 nitrogen and oxygen atoms in total. The van der Waals surface area contributed by atoms with Crippen molar-refractivity contribution < 1.29 is 14.4 Å². The number of piperidine rings is 1. The molecule has 0 radical (unpaired) electrons. The maximum Gasteiger partial charge on any atom is 0.223 e. The summed E-state index contributed by atoms with van der Waals surface area (Å²) in [5, 5.41) is 2.93. The zero-order valence-corrected chi connectivity index (χ0v) is 15.9. The Labute approximate surface area is 156 Å². The van der Waals surface area contributed by atoms with Gasteiger partial charge in [0.2, 0.25) is 11.8 Å². The van der Waals surface area contributed by atoms with E-state index < -0.39 is 0 Å². The van der Waals surface area contributed by atoms with Crippen LogP contribution in [-0.4, -0.2) is 42.1 Å².